The highest BCUT2D eigenvalue weighted by molar-refractivity contribution is 7.80. The molecule has 1 aliphatic heterocycles. The van der Waals surface area contributed by atoms with Crippen molar-refractivity contribution < 1.29 is 23.4 Å². The summed E-state index contributed by atoms with van der Waals surface area (Å²) in [7, 11) is 4.89. The second-order valence-electron chi connectivity index (χ2n) is 7.83. The quantitative estimate of drug-likeness (QED) is 0.294. The molecule has 1 N–H and O–H groups in total. The van der Waals surface area contributed by atoms with Gasteiger partial charge in [0.25, 0.3) is 0 Å². The minimum atomic E-state index is -0.460. The first-order valence-electron chi connectivity index (χ1n) is 11.0. The lowest BCUT2D eigenvalue weighted by atomic mass is 9.92. The number of hydrogen-bond acceptors (Lipinski definition) is 7. The van der Waals surface area contributed by atoms with E-state index in [0.29, 0.717) is 47.6 Å². The summed E-state index contributed by atoms with van der Waals surface area (Å²) >= 11 is 5.71. The molecule has 180 valence electrons. The smallest absolute Gasteiger partial charge is 0.339 e. The number of fused-ring (bicyclic) bond motifs is 2. The molecule has 9 heteroatoms. The Morgan fingerprint density at radius 2 is 1.88 bits per heavy atom. The fraction of sp³-hybridized carbons (Fsp3) is 0.360. The van der Waals surface area contributed by atoms with E-state index in [1.54, 1.807) is 27.4 Å². The Morgan fingerprint density at radius 1 is 1.12 bits per heavy atom. The van der Waals surface area contributed by atoms with E-state index in [4.69, 9.17) is 35.6 Å². The van der Waals surface area contributed by atoms with Crippen molar-refractivity contribution in [2.75, 3.05) is 47.6 Å². The molecule has 34 heavy (non-hydrogen) atoms. The first-order valence-corrected chi connectivity index (χ1v) is 11.4. The van der Waals surface area contributed by atoms with E-state index in [0.717, 1.165) is 22.9 Å². The van der Waals surface area contributed by atoms with Gasteiger partial charge in [-0.1, -0.05) is 12.1 Å². The maximum atomic E-state index is 12.1. The van der Waals surface area contributed by atoms with Crippen molar-refractivity contribution in [2.24, 2.45) is 0 Å². The van der Waals surface area contributed by atoms with Crippen molar-refractivity contribution in [1.29, 1.82) is 0 Å². The van der Waals surface area contributed by atoms with Gasteiger partial charge in [-0.3, -0.25) is 0 Å². The molecule has 0 bridgehead atoms. The maximum absolute atomic E-state index is 12.1. The van der Waals surface area contributed by atoms with Crippen LogP contribution >= 0.6 is 12.2 Å². The van der Waals surface area contributed by atoms with Crippen molar-refractivity contribution >= 4 is 28.3 Å². The Labute approximate surface area is 203 Å². The summed E-state index contributed by atoms with van der Waals surface area (Å²) in [6, 6.07) is 12.5. The van der Waals surface area contributed by atoms with Gasteiger partial charge in [-0.2, -0.15) is 0 Å². The van der Waals surface area contributed by atoms with Gasteiger partial charge in [0.15, 0.2) is 16.6 Å². The van der Waals surface area contributed by atoms with E-state index >= 15 is 0 Å². The molecule has 2 aromatic carbocycles. The average molecular weight is 485 g/mol. The number of methoxy groups -OCH3 is 3. The highest BCUT2D eigenvalue weighted by Crippen LogP contribution is 2.38. The summed E-state index contributed by atoms with van der Waals surface area (Å²) in [4.78, 5) is 14.2. The molecule has 1 aliphatic rings. The molecule has 1 atom stereocenters. The van der Waals surface area contributed by atoms with E-state index in [1.807, 2.05) is 30.3 Å². The highest BCUT2D eigenvalue weighted by atomic mass is 32.1. The number of para-hydroxylation sites is 1. The van der Waals surface area contributed by atoms with Crippen molar-refractivity contribution in [3.63, 3.8) is 0 Å². The summed E-state index contributed by atoms with van der Waals surface area (Å²) in [5.74, 6) is 1.79. The van der Waals surface area contributed by atoms with Crippen LogP contribution in [0.2, 0.25) is 0 Å². The van der Waals surface area contributed by atoms with E-state index in [2.05, 4.69) is 10.2 Å². The third kappa shape index (κ3) is 4.95. The fourth-order valence-electron chi connectivity index (χ4n) is 4.18. The predicted molar refractivity (Wildman–Crippen MR) is 133 cm³/mol. The second-order valence-corrected chi connectivity index (χ2v) is 8.21. The Balaban J connectivity index is 1.68. The van der Waals surface area contributed by atoms with Crippen LogP contribution in [0.3, 0.4) is 0 Å². The molecule has 2 heterocycles. The van der Waals surface area contributed by atoms with Crippen LogP contribution in [0.25, 0.3) is 11.0 Å². The summed E-state index contributed by atoms with van der Waals surface area (Å²) in [5, 5.41) is 4.61. The Kier molecular flexibility index (Phi) is 7.54. The van der Waals surface area contributed by atoms with Crippen LogP contribution in [0.4, 0.5) is 0 Å². The highest BCUT2D eigenvalue weighted by Gasteiger charge is 2.31. The lowest BCUT2D eigenvalue weighted by molar-refractivity contribution is 0.182. The summed E-state index contributed by atoms with van der Waals surface area (Å²) in [6.07, 6.45) is 0.788. The van der Waals surface area contributed by atoms with Crippen molar-refractivity contribution in [3.8, 4) is 17.2 Å². The molecule has 1 aromatic heterocycles. The van der Waals surface area contributed by atoms with Gasteiger partial charge in [-0.15, -0.1) is 0 Å². The molecule has 0 amide bonds. The lowest BCUT2D eigenvalue weighted by Crippen LogP contribution is -2.47. The topological polar surface area (TPSA) is 82.4 Å². The van der Waals surface area contributed by atoms with Gasteiger partial charge in [0.1, 0.15) is 17.9 Å². The number of nitrogens with one attached hydrogen (secondary N) is 1. The van der Waals surface area contributed by atoms with Crippen molar-refractivity contribution in [2.45, 2.75) is 12.5 Å². The minimum Gasteiger partial charge on any atom is -0.493 e. The summed E-state index contributed by atoms with van der Waals surface area (Å²) in [5.41, 5.74) is 2.19. The molecule has 8 nitrogen and oxygen atoms in total. The van der Waals surface area contributed by atoms with Gasteiger partial charge >= 0.3 is 5.63 Å². The fourth-order valence-corrected chi connectivity index (χ4v) is 4.50. The van der Waals surface area contributed by atoms with E-state index < -0.39 is 5.63 Å². The molecule has 0 radical (unpaired) electrons. The second kappa shape index (κ2) is 10.8. The summed E-state index contributed by atoms with van der Waals surface area (Å²) in [6.45, 7) is 2.11. The van der Waals surface area contributed by atoms with Crippen molar-refractivity contribution in [3.05, 3.63) is 64.0 Å². The first kappa shape index (κ1) is 23.8. The maximum Gasteiger partial charge on any atom is 0.339 e. The van der Waals surface area contributed by atoms with Crippen LogP contribution in [0.5, 0.6) is 17.2 Å². The normalized spacial score (nSPS) is 15.0. The minimum absolute atomic E-state index is 0.211. The third-order valence-corrected chi connectivity index (χ3v) is 6.23. The third-order valence-electron chi connectivity index (χ3n) is 5.85. The van der Waals surface area contributed by atoms with Crippen LogP contribution in [0.15, 0.2) is 51.7 Å². The van der Waals surface area contributed by atoms with Crippen LogP contribution in [-0.2, 0) is 11.2 Å². The molecule has 0 spiro atoms. The van der Waals surface area contributed by atoms with Gasteiger partial charge in [-0.05, 0) is 54.0 Å². The van der Waals surface area contributed by atoms with Crippen LogP contribution in [0, 0.1) is 0 Å². The molecule has 3 aromatic rings. The Hall–Kier alpha value is -3.30. The van der Waals surface area contributed by atoms with E-state index in [1.165, 1.54) is 6.07 Å². The SMILES string of the molecule is COCCNC(=S)N1CCc2cc(OC)c(OC)cc2[C@@H]1COc1cc(=O)oc2ccccc12. The average Bonchev–Trinajstić information content (AvgIpc) is 2.85. The molecule has 0 fully saturated rings. The van der Waals surface area contributed by atoms with Gasteiger partial charge in [0.05, 0.1) is 38.3 Å². The van der Waals surface area contributed by atoms with Crippen LogP contribution < -0.4 is 25.2 Å². The number of ether oxygens (including phenoxy) is 4. The number of hydrogen-bond donors (Lipinski definition) is 1. The largest absolute Gasteiger partial charge is 0.493 e. The zero-order valence-electron chi connectivity index (χ0n) is 19.5. The Bertz CT molecular complexity index is 1230. The number of nitrogens with zero attached hydrogens (tertiary/aromatic N) is 1. The van der Waals surface area contributed by atoms with Crippen LogP contribution in [0.1, 0.15) is 17.2 Å². The zero-order chi connectivity index (χ0) is 24.1. The number of thiocarbonyl (C=S) groups is 1. The van der Waals surface area contributed by atoms with Crippen LogP contribution in [-0.4, -0.2) is 57.6 Å². The molecular weight excluding hydrogens is 456 g/mol. The van der Waals surface area contributed by atoms with E-state index in [-0.39, 0.29) is 12.6 Å². The molecule has 0 unspecified atom stereocenters. The summed E-state index contributed by atoms with van der Waals surface area (Å²) < 4.78 is 27.7. The van der Waals surface area contributed by atoms with Gasteiger partial charge < -0.3 is 33.6 Å². The van der Waals surface area contributed by atoms with E-state index in [9.17, 15) is 4.79 Å². The molecule has 4 rings (SSSR count). The number of benzene rings is 2. The molecule has 0 saturated carbocycles. The zero-order valence-corrected chi connectivity index (χ0v) is 20.3. The number of rotatable bonds is 8. The monoisotopic (exact) mass is 484 g/mol. The molecular formula is C25H28N2O6S. The van der Waals surface area contributed by atoms with Gasteiger partial charge in [-0.25, -0.2) is 4.79 Å². The standard InChI is InChI=1S/C25H28N2O6S/c1-29-11-9-26-25(34)27-10-8-16-12-22(30-2)23(31-3)13-18(16)19(27)15-32-21-14-24(28)33-20-7-5-4-6-17(20)21/h4-7,12-14,19H,8-11,15H2,1-3H3,(H,26,34)/t19-/m0/s1. The van der Waals surface area contributed by atoms with Gasteiger partial charge in [0, 0.05) is 20.2 Å². The molecule has 0 aliphatic carbocycles. The molecule has 0 saturated heterocycles. The predicted octanol–water partition coefficient (Wildman–Crippen LogP) is 3.31. The Morgan fingerprint density at radius 3 is 2.65 bits per heavy atom. The lowest BCUT2D eigenvalue weighted by Gasteiger charge is -2.39. The van der Waals surface area contributed by atoms with Crippen molar-refractivity contribution in [1.82, 2.24) is 10.2 Å². The first-order chi connectivity index (χ1) is 16.5. The van der Waals surface area contributed by atoms with Gasteiger partial charge in [0.2, 0.25) is 0 Å².